The third kappa shape index (κ3) is 8.95. The van der Waals surface area contributed by atoms with Gasteiger partial charge >= 0.3 is 0 Å². The lowest BCUT2D eigenvalue weighted by Crippen LogP contribution is -2.43. The summed E-state index contributed by atoms with van der Waals surface area (Å²) in [5, 5.41) is 8.46. The number of rotatable bonds is 8. The maximum absolute atomic E-state index is 11.9. The molecule has 0 aliphatic carbocycles. The molecule has 0 fully saturated rings. The molecule has 0 atom stereocenters. The van der Waals surface area contributed by atoms with Crippen molar-refractivity contribution in [1.82, 2.24) is 20.5 Å². The molecule has 0 aliphatic rings. The largest absolute Gasteiger partial charge is 0.472 e. The number of nitrogens with zero attached hydrogens (tertiary/aromatic N) is 3. The van der Waals surface area contributed by atoms with E-state index in [0.717, 1.165) is 18.5 Å². The molecule has 7 nitrogen and oxygen atoms in total. The van der Waals surface area contributed by atoms with Crippen molar-refractivity contribution in [2.45, 2.75) is 39.3 Å². The minimum Gasteiger partial charge on any atom is -0.472 e. The average molecular weight is 418 g/mol. The van der Waals surface area contributed by atoms with Crippen molar-refractivity contribution in [3.05, 3.63) is 46.3 Å². The summed E-state index contributed by atoms with van der Waals surface area (Å²) >= 11 is 1.73. The number of pyridine rings is 1. The number of amides is 1. The smallest absolute Gasteiger partial charge is 0.241 e. The minimum atomic E-state index is -0.283. The summed E-state index contributed by atoms with van der Waals surface area (Å²) in [5.41, 5.74) is 0.680. The highest BCUT2D eigenvalue weighted by Crippen LogP contribution is 2.15. The van der Waals surface area contributed by atoms with E-state index >= 15 is 0 Å². The van der Waals surface area contributed by atoms with E-state index in [1.807, 2.05) is 39.0 Å². The van der Waals surface area contributed by atoms with Crippen molar-refractivity contribution in [2.75, 3.05) is 27.2 Å². The van der Waals surface area contributed by atoms with Gasteiger partial charge in [-0.15, -0.1) is 11.3 Å². The van der Waals surface area contributed by atoms with E-state index in [1.54, 1.807) is 36.5 Å². The molecule has 2 aromatic heterocycles. The molecule has 0 aliphatic heterocycles. The van der Waals surface area contributed by atoms with Crippen LogP contribution in [0.5, 0.6) is 5.88 Å². The van der Waals surface area contributed by atoms with Gasteiger partial charge in [0, 0.05) is 37.8 Å². The highest BCUT2D eigenvalue weighted by atomic mass is 32.1. The molecule has 1 amide bonds. The first-order chi connectivity index (χ1) is 13.7. The second-order valence-electron chi connectivity index (χ2n) is 7.78. The number of hydrogen-bond donors (Lipinski definition) is 2. The number of aromatic nitrogens is 1. The molecule has 2 aromatic rings. The summed E-state index contributed by atoms with van der Waals surface area (Å²) < 4.78 is 5.75. The molecule has 0 saturated carbocycles. The van der Waals surface area contributed by atoms with E-state index in [-0.39, 0.29) is 18.1 Å². The number of carbonyl (C=O) groups excluding carboxylic acids is 1. The van der Waals surface area contributed by atoms with Gasteiger partial charge in [-0.25, -0.2) is 9.98 Å². The van der Waals surface area contributed by atoms with E-state index < -0.39 is 0 Å². The van der Waals surface area contributed by atoms with Crippen LogP contribution in [0.15, 0.2) is 40.8 Å². The van der Waals surface area contributed by atoms with Crippen molar-refractivity contribution in [3.8, 4) is 5.88 Å². The minimum absolute atomic E-state index is 0.0110. The van der Waals surface area contributed by atoms with E-state index in [0.29, 0.717) is 18.4 Å². The third-order valence-corrected chi connectivity index (χ3v) is 4.71. The molecule has 158 valence electrons. The Hall–Kier alpha value is -2.61. The topological polar surface area (TPSA) is 78.9 Å². The third-order valence-electron chi connectivity index (χ3n) is 3.78. The van der Waals surface area contributed by atoms with Crippen molar-refractivity contribution in [3.63, 3.8) is 0 Å². The second kappa shape index (κ2) is 10.8. The van der Waals surface area contributed by atoms with Gasteiger partial charge in [0.05, 0.1) is 13.1 Å². The van der Waals surface area contributed by atoms with Crippen LogP contribution < -0.4 is 15.4 Å². The Bertz CT molecular complexity index is 780. The predicted molar refractivity (Wildman–Crippen MR) is 118 cm³/mol. The van der Waals surface area contributed by atoms with Crippen molar-refractivity contribution < 1.29 is 9.53 Å². The van der Waals surface area contributed by atoms with Gasteiger partial charge in [0.25, 0.3) is 0 Å². The van der Waals surface area contributed by atoms with Gasteiger partial charge in [-0.05, 0) is 44.2 Å². The normalized spacial score (nSPS) is 11.8. The Kier molecular flexibility index (Phi) is 8.45. The summed E-state index contributed by atoms with van der Waals surface area (Å²) in [5.74, 6) is 1.18. The first-order valence-corrected chi connectivity index (χ1v) is 10.5. The molecule has 0 radical (unpaired) electrons. The van der Waals surface area contributed by atoms with Gasteiger partial charge in [0.1, 0.15) is 5.60 Å². The van der Waals surface area contributed by atoms with E-state index in [2.05, 4.69) is 32.1 Å². The second-order valence-corrected chi connectivity index (χ2v) is 8.81. The first kappa shape index (κ1) is 22.7. The molecule has 0 saturated heterocycles. The predicted octanol–water partition coefficient (Wildman–Crippen LogP) is 2.69. The van der Waals surface area contributed by atoms with Crippen LogP contribution in [0.4, 0.5) is 0 Å². The van der Waals surface area contributed by atoms with E-state index in [9.17, 15) is 4.79 Å². The van der Waals surface area contributed by atoms with Crippen LogP contribution in [-0.4, -0.2) is 54.5 Å². The number of nitrogens with one attached hydrogen (secondary N) is 2. The summed E-state index contributed by atoms with van der Waals surface area (Å²) in [6.07, 6.45) is 2.67. The average Bonchev–Trinajstić information content (AvgIpc) is 3.16. The molecule has 0 aromatic carbocycles. The molecule has 0 unspecified atom stereocenters. The fourth-order valence-corrected chi connectivity index (χ4v) is 3.01. The molecular weight excluding hydrogens is 386 g/mol. The molecule has 0 bridgehead atoms. The molecule has 2 N–H and O–H groups in total. The van der Waals surface area contributed by atoms with Crippen LogP contribution >= 0.6 is 11.3 Å². The van der Waals surface area contributed by atoms with Crippen LogP contribution in [0.3, 0.4) is 0 Å². The van der Waals surface area contributed by atoms with Crippen LogP contribution in [0.25, 0.3) is 0 Å². The molecule has 2 heterocycles. The summed E-state index contributed by atoms with van der Waals surface area (Å²) in [6, 6.07) is 7.96. The van der Waals surface area contributed by atoms with Crippen LogP contribution in [0.1, 0.15) is 31.2 Å². The van der Waals surface area contributed by atoms with Crippen LogP contribution in [0, 0.1) is 0 Å². The standard InChI is InChI=1S/C21H31N5O2S/c1-21(2,3)28-18-9-8-16(13-23-18)14-24-20(25-15-19(27)26(4)5)22-11-10-17-7-6-12-29-17/h6-9,12-13H,10-11,14-15H2,1-5H3,(H2,22,24,25). The maximum atomic E-state index is 11.9. The number of hydrogen-bond acceptors (Lipinski definition) is 5. The Morgan fingerprint density at radius 1 is 1.24 bits per heavy atom. The van der Waals surface area contributed by atoms with Gasteiger partial charge in [0.2, 0.25) is 11.8 Å². The molecule has 8 heteroatoms. The number of likely N-dealkylation sites (N-methyl/N-ethyl adjacent to an activating group) is 1. The molecular formula is C21H31N5O2S. The van der Waals surface area contributed by atoms with Gasteiger partial charge in [-0.2, -0.15) is 0 Å². The zero-order valence-electron chi connectivity index (χ0n) is 17.9. The quantitative estimate of drug-likeness (QED) is 0.510. The molecule has 29 heavy (non-hydrogen) atoms. The Balaban J connectivity index is 1.95. The van der Waals surface area contributed by atoms with Crippen LogP contribution in [-0.2, 0) is 17.8 Å². The van der Waals surface area contributed by atoms with E-state index in [1.165, 1.54) is 4.88 Å². The monoisotopic (exact) mass is 417 g/mol. The number of ether oxygens (including phenoxy) is 1. The summed E-state index contributed by atoms with van der Waals surface area (Å²) in [4.78, 5) is 23.7. The fourth-order valence-electron chi connectivity index (χ4n) is 2.30. The number of aliphatic imine (C=N–C) groups is 1. The van der Waals surface area contributed by atoms with Gasteiger partial charge in [0.15, 0.2) is 5.96 Å². The Morgan fingerprint density at radius 2 is 2.03 bits per heavy atom. The number of guanidine groups is 1. The van der Waals surface area contributed by atoms with Gasteiger partial charge in [-0.3, -0.25) is 4.79 Å². The lowest BCUT2D eigenvalue weighted by atomic mass is 10.2. The summed E-state index contributed by atoms with van der Waals surface area (Å²) in [6.45, 7) is 7.34. The molecule has 2 rings (SSSR count). The van der Waals surface area contributed by atoms with Gasteiger partial charge in [-0.1, -0.05) is 12.1 Å². The van der Waals surface area contributed by atoms with Crippen molar-refractivity contribution in [1.29, 1.82) is 0 Å². The van der Waals surface area contributed by atoms with Gasteiger partial charge < -0.3 is 20.3 Å². The Morgan fingerprint density at radius 3 is 2.62 bits per heavy atom. The zero-order chi connectivity index (χ0) is 21.3. The highest BCUT2D eigenvalue weighted by Gasteiger charge is 2.12. The lowest BCUT2D eigenvalue weighted by Gasteiger charge is -2.20. The highest BCUT2D eigenvalue weighted by molar-refractivity contribution is 7.09. The Labute approximate surface area is 177 Å². The van der Waals surface area contributed by atoms with E-state index in [4.69, 9.17) is 4.74 Å². The SMILES string of the molecule is CN(C)C(=O)CNC(=NCc1ccc(OC(C)(C)C)nc1)NCCc1cccs1. The number of thiophene rings is 1. The maximum Gasteiger partial charge on any atom is 0.241 e. The summed E-state index contributed by atoms with van der Waals surface area (Å²) in [7, 11) is 3.47. The lowest BCUT2D eigenvalue weighted by molar-refractivity contribution is -0.127. The first-order valence-electron chi connectivity index (χ1n) is 9.61. The van der Waals surface area contributed by atoms with Crippen molar-refractivity contribution in [2.24, 2.45) is 4.99 Å². The number of carbonyl (C=O) groups is 1. The zero-order valence-corrected chi connectivity index (χ0v) is 18.7. The fraction of sp³-hybridized carbons (Fsp3) is 0.476. The van der Waals surface area contributed by atoms with Crippen LogP contribution in [0.2, 0.25) is 0 Å². The molecule has 0 spiro atoms. The van der Waals surface area contributed by atoms with Crippen molar-refractivity contribution >= 4 is 23.2 Å².